The SMILES string of the molecule is Cc1ccc(NC(=O)C2(C(F)(F)F)CCNC2)cc1Cl. The van der Waals surface area contributed by atoms with Crippen LogP contribution in [-0.4, -0.2) is 25.2 Å². The van der Waals surface area contributed by atoms with Crippen molar-refractivity contribution in [2.24, 2.45) is 5.41 Å². The zero-order valence-corrected chi connectivity index (χ0v) is 11.5. The minimum Gasteiger partial charge on any atom is -0.325 e. The molecule has 0 aromatic heterocycles. The van der Waals surface area contributed by atoms with Gasteiger partial charge >= 0.3 is 6.18 Å². The lowest BCUT2D eigenvalue weighted by Crippen LogP contribution is -2.49. The number of aryl methyl sites for hydroxylation is 1. The lowest BCUT2D eigenvalue weighted by atomic mass is 9.85. The second-order valence-corrected chi connectivity index (χ2v) is 5.33. The molecule has 1 aromatic carbocycles. The molecule has 2 N–H and O–H groups in total. The predicted octanol–water partition coefficient (Wildman–Crippen LogP) is 3.13. The maximum Gasteiger partial charge on any atom is 0.404 e. The van der Waals surface area contributed by atoms with Gasteiger partial charge in [0.2, 0.25) is 5.91 Å². The van der Waals surface area contributed by atoms with Crippen molar-refractivity contribution in [3.8, 4) is 0 Å². The maximum atomic E-state index is 13.2. The van der Waals surface area contributed by atoms with E-state index < -0.39 is 24.0 Å². The predicted molar refractivity (Wildman–Crippen MR) is 70.8 cm³/mol. The van der Waals surface area contributed by atoms with Crippen LogP contribution in [0.1, 0.15) is 12.0 Å². The van der Waals surface area contributed by atoms with E-state index in [9.17, 15) is 18.0 Å². The van der Waals surface area contributed by atoms with Gasteiger partial charge in [-0.15, -0.1) is 0 Å². The quantitative estimate of drug-likeness (QED) is 0.881. The summed E-state index contributed by atoms with van der Waals surface area (Å²) >= 11 is 5.90. The number of amides is 1. The summed E-state index contributed by atoms with van der Waals surface area (Å²) in [5.41, 5.74) is -1.32. The van der Waals surface area contributed by atoms with Crippen molar-refractivity contribution in [2.45, 2.75) is 19.5 Å². The Morgan fingerprint density at radius 3 is 2.65 bits per heavy atom. The topological polar surface area (TPSA) is 41.1 Å². The highest BCUT2D eigenvalue weighted by atomic mass is 35.5. The third-order valence-electron chi connectivity index (χ3n) is 3.56. The Morgan fingerprint density at radius 2 is 2.15 bits per heavy atom. The van der Waals surface area contributed by atoms with Crippen LogP contribution < -0.4 is 10.6 Å². The molecule has 110 valence electrons. The Kier molecular flexibility index (Phi) is 3.97. The number of carbonyl (C=O) groups is 1. The smallest absolute Gasteiger partial charge is 0.325 e. The third kappa shape index (κ3) is 2.62. The largest absolute Gasteiger partial charge is 0.404 e. The van der Waals surface area contributed by atoms with E-state index in [0.717, 1.165) is 5.56 Å². The number of hydrogen-bond donors (Lipinski definition) is 2. The molecule has 0 radical (unpaired) electrons. The monoisotopic (exact) mass is 306 g/mol. The Morgan fingerprint density at radius 1 is 1.45 bits per heavy atom. The summed E-state index contributed by atoms with van der Waals surface area (Å²) < 4.78 is 39.6. The van der Waals surface area contributed by atoms with Crippen LogP contribution in [0.4, 0.5) is 18.9 Å². The van der Waals surface area contributed by atoms with Crippen LogP contribution in [0.3, 0.4) is 0 Å². The summed E-state index contributed by atoms with van der Waals surface area (Å²) in [6, 6.07) is 4.62. The van der Waals surface area contributed by atoms with Crippen LogP contribution >= 0.6 is 11.6 Å². The van der Waals surface area contributed by atoms with Crippen LogP contribution in [0.5, 0.6) is 0 Å². The Hall–Kier alpha value is -1.27. The van der Waals surface area contributed by atoms with E-state index >= 15 is 0 Å². The molecular weight excluding hydrogens is 293 g/mol. The summed E-state index contributed by atoms with van der Waals surface area (Å²) in [6.07, 6.45) is -4.85. The fourth-order valence-electron chi connectivity index (χ4n) is 2.18. The molecule has 1 unspecified atom stereocenters. The summed E-state index contributed by atoms with van der Waals surface area (Å²) in [4.78, 5) is 12.1. The van der Waals surface area contributed by atoms with Gasteiger partial charge in [0.15, 0.2) is 5.41 Å². The van der Waals surface area contributed by atoms with E-state index in [-0.39, 0.29) is 18.7 Å². The molecule has 1 aromatic rings. The van der Waals surface area contributed by atoms with Gasteiger partial charge in [-0.25, -0.2) is 0 Å². The van der Waals surface area contributed by atoms with Crippen LogP contribution in [0.15, 0.2) is 18.2 Å². The molecule has 1 aliphatic rings. The first kappa shape index (κ1) is 15.1. The van der Waals surface area contributed by atoms with E-state index in [1.165, 1.54) is 12.1 Å². The van der Waals surface area contributed by atoms with Crippen molar-refractivity contribution in [1.82, 2.24) is 5.32 Å². The third-order valence-corrected chi connectivity index (χ3v) is 3.97. The summed E-state index contributed by atoms with van der Waals surface area (Å²) in [7, 11) is 0. The van der Waals surface area contributed by atoms with Gasteiger partial charge in [0.25, 0.3) is 0 Å². The Labute approximate surface area is 119 Å². The Balaban J connectivity index is 2.23. The number of benzene rings is 1. The summed E-state index contributed by atoms with van der Waals surface area (Å²) in [5.74, 6) is -1.05. The first-order valence-corrected chi connectivity index (χ1v) is 6.49. The molecule has 0 aliphatic carbocycles. The molecule has 1 atom stereocenters. The van der Waals surface area contributed by atoms with Gasteiger partial charge in [0.1, 0.15) is 0 Å². The fourth-order valence-corrected chi connectivity index (χ4v) is 2.36. The molecule has 0 saturated carbocycles. The van der Waals surface area contributed by atoms with Gasteiger partial charge in [-0.2, -0.15) is 13.2 Å². The Bertz CT molecular complexity index is 525. The lowest BCUT2D eigenvalue weighted by molar-refractivity contribution is -0.213. The van der Waals surface area contributed by atoms with Gasteiger partial charge < -0.3 is 10.6 Å². The van der Waals surface area contributed by atoms with Crippen molar-refractivity contribution in [3.05, 3.63) is 28.8 Å². The molecule has 3 nitrogen and oxygen atoms in total. The van der Waals surface area contributed by atoms with E-state index in [1.807, 2.05) is 0 Å². The minimum atomic E-state index is -4.59. The average molecular weight is 307 g/mol. The van der Waals surface area contributed by atoms with E-state index in [4.69, 9.17) is 11.6 Å². The first-order chi connectivity index (χ1) is 9.26. The number of anilines is 1. The van der Waals surface area contributed by atoms with Crippen molar-refractivity contribution >= 4 is 23.2 Å². The van der Waals surface area contributed by atoms with E-state index in [0.29, 0.717) is 5.02 Å². The lowest BCUT2D eigenvalue weighted by Gasteiger charge is -2.29. The molecule has 0 spiro atoms. The van der Waals surface area contributed by atoms with Crippen molar-refractivity contribution < 1.29 is 18.0 Å². The highest BCUT2D eigenvalue weighted by molar-refractivity contribution is 6.31. The standard InChI is InChI=1S/C13H14ClF3N2O/c1-8-2-3-9(6-10(8)14)19-11(20)12(13(15,16)17)4-5-18-7-12/h2-3,6,18H,4-5,7H2,1H3,(H,19,20). The van der Waals surface area contributed by atoms with E-state index in [1.54, 1.807) is 13.0 Å². The summed E-state index contributed by atoms with van der Waals surface area (Å²) in [5, 5.41) is 5.31. The highest BCUT2D eigenvalue weighted by Crippen LogP contribution is 2.43. The van der Waals surface area contributed by atoms with Gasteiger partial charge in [-0.05, 0) is 37.6 Å². The van der Waals surface area contributed by atoms with Crippen LogP contribution in [0.2, 0.25) is 5.02 Å². The average Bonchev–Trinajstić information content (AvgIpc) is 2.84. The van der Waals surface area contributed by atoms with Crippen molar-refractivity contribution in [2.75, 3.05) is 18.4 Å². The van der Waals surface area contributed by atoms with Gasteiger partial charge in [0, 0.05) is 17.3 Å². The maximum absolute atomic E-state index is 13.2. The van der Waals surface area contributed by atoms with Crippen LogP contribution in [0, 0.1) is 12.3 Å². The number of alkyl halides is 3. The van der Waals surface area contributed by atoms with Gasteiger partial charge in [0.05, 0.1) is 0 Å². The number of rotatable bonds is 2. The number of carbonyl (C=O) groups excluding carboxylic acids is 1. The molecule has 2 rings (SSSR count). The van der Waals surface area contributed by atoms with Crippen LogP contribution in [0.25, 0.3) is 0 Å². The second kappa shape index (κ2) is 5.26. The second-order valence-electron chi connectivity index (χ2n) is 4.92. The zero-order valence-electron chi connectivity index (χ0n) is 10.8. The molecule has 0 bridgehead atoms. The first-order valence-electron chi connectivity index (χ1n) is 6.11. The molecular formula is C13H14ClF3N2O. The molecule has 7 heteroatoms. The van der Waals surface area contributed by atoms with Crippen molar-refractivity contribution in [3.63, 3.8) is 0 Å². The van der Waals surface area contributed by atoms with Crippen molar-refractivity contribution in [1.29, 1.82) is 0 Å². The number of hydrogen-bond acceptors (Lipinski definition) is 2. The minimum absolute atomic E-state index is 0.168. The molecule has 1 amide bonds. The molecule has 1 saturated heterocycles. The number of halogens is 4. The molecule has 20 heavy (non-hydrogen) atoms. The summed E-state index contributed by atoms with van der Waals surface area (Å²) in [6.45, 7) is 1.54. The van der Waals surface area contributed by atoms with Crippen LogP contribution in [-0.2, 0) is 4.79 Å². The fraction of sp³-hybridized carbons (Fsp3) is 0.462. The zero-order chi connectivity index (χ0) is 15.0. The molecule has 1 heterocycles. The normalized spacial score (nSPS) is 22.9. The molecule has 1 fully saturated rings. The number of nitrogens with one attached hydrogen (secondary N) is 2. The molecule has 1 aliphatic heterocycles. The van der Waals surface area contributed by atoms with Gasteiger partial charge in [-0.3, -0.25) is 4.79 Å². The van der Waals surface area contributed by atoms with Gasteiger partial charge in [-0.1, -0.05) is 17.7 Å². The highest BCUT2D eigenvalue weighted by Gasteiger charge is 2.61. The van der Waals surface area contributed by atoms with E-state index in [2.05, 4.69) is 10.6 Å².